The SMILES string of the molecule is CC(C)(C(=O)NC(CCOCCCCc1ccc2c(n1)NCCC2)C(O)=C1CCC1)c1ccccc1. The van der Waals surface area contributed by atoms with Crippen LogP contribution >= 0.6 is 0 Å². The average Bonchev–Trinajstić information content (AvgIpc) is 2.86. The number of benzene rings is 1. The molecule has 0 saturated heterocycles. The van der Waals surface area contributed by atoms with Crippen molar-refractivity contribution in [2.75, 3.05) is 25.1 Å². The van der Waals surface area contributed by atoms with Gasteiger partial charge in [0, 0.05) is 25.5 Å². The number of aliphatic hydroxyl groups is 1. The summed E-state index contributed by atoms with van der Waals surface area (Å²) in [5.41, 5.74) is 3.78. The number of hydrogen-bond donors (Lipinski definition) is 3. The molecule has 1 saturated carbocycles. The summed E-state index contributed by atoms with van der Waals surface area (Å²) >= 11 is 0. The molecule has 194 valence electrons. The molecule has 2 heterocycles. The van der Waals surface area contributed by atoms with Crippen LogP contribution in [-0.4, -0.2) is 41.8 Å². The number of allylic oxidation sites excluding steroid dienone is 1. The highest BCUT2D eigenvalue weighted by atomic mass is 16.5. The molecule has 1 amide bonds. The molecule has 6 nitrogen and oxygen atoms in total. The third kappa shape index (κ3) is 6.67. The number of amides is 1. The molecule has 1 aliphatic heterocycles. The average molecular weight is 492 g/mol. The van der Waals surface area contributed by atoms with Crippen molar-refractivity contribution < 1.29 is 14.6 Å². The van der Waals surface area contributed by atoms with Gasteiger partial charge in [0.05, 0.1) is 11.5 Å². The number of aliphatic hydroxyl groups excluding tert-OH is 1. The molecule has 0 spiro atoms. The zero-order valence-electron chi connectivity index (χ0n) is 21.8. The van der Waals surface area contributed by atoms with E-state index >= 15 is 0 Å². The summed E-state index contributed by atoms with van der Waals surface area (Å²) in [6.45, 7) is 6.01. The molecule has 3 N–H and O–H groups in total. The first kappa shape index (κ1) is 26.2. The van der Waals surface area contributed by atoms with Gasteiger partial charge in [0.1, 0.15) is 11.6 Å². The molecule has 1 unspecified atom stereocenters. The van der Waals surface area contributed by atoms with Crippen LogP contribution in [0.3, 0.4) is 0 Å². The van der Waals surface area contributed by atoms with Crippen LogP contribution in [0.4, 0.5) is 5.82 Å². The van der Waals surface area contributed by atoms with E-state index in [9.17, 15) is 9.90 Å². The molecule has 0 radical (unpaired) electrons. The number of ether oxygens (including phenoxy) is 1. The van der Waals surface area contributed by atoms with Gasteiger partial charge in [-0.3, -0.25) is 4.79 Å². The molecular weight excluding hydrogens is 450 g/mol. The van der Waals surface area contributed by atoms with Crippen LogP contribution in [0.5, 0.6) is 0 Å². The molecule has 2 aliphatic rings. The number of nitrogens with zero attached hydrogens (tertiary/aromatic N) is 1. The van der Waals surface area contributed by atoms with E-state index in [1.165, 1.54) is 12.0 Å². The number of aromatic nitrogens is 1. The highest BCUT2D eigenvalue weighted by Crippen LogP contribution is 2.30. The van der Waals surface area contributed by atoms with Gasteiger partial charge in [-0.15, -0.1) is 0 Å². The summed E-state index contributed by atoms with van der Waals surface area (Å²) < 4.78 is 5.91. The summed E-state index contributed by atoms with van der Waals surface area (Å²) in [4.78, 5) is 18.0. The number of fused-ring (bicyclic) bond motifs is 1. The summed E-state index contributed by atoms with van der Waals surface area (Å²) in [6.07, 6.45) is 8.69. The van der Waals surface area contributed by atoms with Crippen LogP contribution in [0.1, 0.15) is 75.6 Å². The number of carbonyl (C=O) groups excluding carboxylic acids is 1. The zero-order chi connectivity index (χ0) is 25.4. The Kier molecular flexibility index (Phi) is 9.03. The van der Waals surface area contributed by atoms with Gasteiger partial charge in [-0.1, -0.05) is 36.4 Å². The van der Waals surface area contributed by atoms with E-state index in [-0.39, 0.29) is 5.91 Å². The third-order valence-electron chi connectivity index (χ3n) is 7.49. The highest BCUT2D eigenvalue weighted by molar-refractivity contribution is 5.87. The molecular formula is C30H41N3O3. The second-order valence-electron chi connectivity index (χ2n) is 10.6. The van der Waals surface area contributed by atoms with E-state index in [4.69, 9.17) is 9.72 Å². The fourth-order valence-corrected chi connectivity index (χ4v) is 4.78. The van der Waals surface area contributed by atoms with Crippen molar-refractivity contribution >= 4 is 11.7 Å². The summed E-state index contributed by atoms with van der Waals surface area (Å²) in [5, 5.41) is 17.4. The van der Waals surface area contributed by atoms with Crippen molar-refractivity contribution in [1.29, 1.82) is 0 Å². The van der Waals surface area contributed by atoms with E-state index in [2.05, 4.69) is 22.8 Å². The lowest BCUT2D eigenvalue weighted by Crippen LogP contribution is -2.46. The van der Waals surface area contributed by atoms with E-state index in [1.807, 2.05) is 44.2 Å². The fourth-order valence-electron chi connectivity index (χ4n) is 4.78. The summed E-state index contributed by atoms with van der Waals surface area (Å²) in [7, 11) is 0. The van der Waals surface area contributed by atoms with Gasteiger partial charge in [-0.05, 0) is 94.4 Å². The van der Waals surface area contributed by atoms with Gasteiger partial charge in [0.2, 0.25) is 5.91 Å². The smallest absolute Gasteiger partial charge is 0.230 e. The number of pyridine rings is 1. The van der Waals surface area contributed by atoms with Gasteiger partial charge in [-0.2, -0.15) is 0 Å². The number of rotatable bonds is 12. The van der Waals surface area contributed by atoms with Crippen molar-refractivity contribution in [3.05, 3.63) is 70.6 Å². The molecule has 1 atom stereocenters. The van der Waals surface area contributed by atoms with Crippen molar-refractivity contribution in [3.8, 4) is 0 Å². The van der Waals surface area contributed by atoms with E-state index in [0.717, 1.165) is 74.1 Å². The summed E-state index contributed by atoms with van der Waals surface area (Å²) in [5.74, 6) is 1.30. The minimum absolute atomic E-state index is 0.0859. The molecule has 1 aromatic carbocycles. The minimum Gasteiger partial charge on any atom is -0.510 e. The van der Waals surface area contributed by atoms with E-state index < -0.39 is 11.5 Å². The lowest BCUT2D eigenvalue weighted by molar-refractivity contribution is -0.126. The molecule has 36 heavy (non-hydrogen) atoms. The maximum absolute atomic E-state index is 13.2. The zero-order valence-corrected chi connectivity index (χ0v) is 21.8. The molecule has 4 rings (SSSR count). The highest BCUT2D eigenvalue weighted by Gasteiger charge is 2.33. The van der Waals surface area contributed by atoms with E-state index in [1.54, 1.807) is 0 Å². The molecule has 1 fully saturated rings. The number of aryl methyl sites for hydroxylation is 2. The molecule has 1 aromatic heterocycles. The predicted octanol–water partition coefficient (Wildman–Crippen LogP) is 5.63. The van der Waals surface area contributed by atoms with Gasteiger partial charge < -0.3 is 20.5 Å². The first-order valence-electron chi connectivity index (χ1n) is 13.5. The van der Waals surface area contributed by atoms with Crippen molar-refractivity contribution in [2.24, 2.45) is 0 Å². The molecule has 1 aliphatic carbocycles. The molecule has 0 bridgehead atoms. The fraction of sp³-hybridized carbons (Fsp3) is 0.533. The van der Waals surface area contributed by atoms with E-state index in [0.29, 0.717) is 25.4 Å². The minimum atomic E-state index is -0.689. The van der Waals surface area contributed by atoms with Crippen LogP contribution in [0.2, 0.25) is 0 Å². The number of carbonyl (C=O) groups is 1. The largest absolute Gasteiger partial charge is 0.510 e. The Hall–Kier alpha value is -2.86. The van der Waals surface area contributed by atoms with Crippen molar-refractivity contribution in [1.82, 2.24) is 10.3 Å². The second-order valence-corrected chi connectivity index (χ2v) is 10.6. The van der Waals surface area contributed by atoms with Gasteiger partial charge in [-0.25, -0.2) is 4.98 Å². The van der Waals surface area contributed by atoms with Gasteiger partial charge in [0.25, 0.3) is 0 Å². The maximum Gasteiger partial charge on any atom is 0.230 e. The van der Waals surface area contributed by atoms with Crippen LogP contribution in [0, 0.1) is 0 Å². The Morgan fingerprint density at radius 1 is 1.08 bits per heavy atom. The first-order valence-corrected chi connectivity index (χ1v) is 13.5. The predicted molar refractivity (Wildman–Crippen MR) is 144 cm³/mol. The lowest BCUT2D eigenvalue weighted by atomic mass is 9.83. The normalized spacial score (nSPS) is 15.9. The Morgan fingerprint density at radius 3 is 2.64 bits per heavy atom. The standard InChI is InChI=1S/C30H41N3O3/c1-30(2,24-13-4-3-5-14-24)29(35)33-26(27(34)22-10-8-11-22)18-21-36-20-7-6-15-25-17-16-23-12-9-19-31-28(23)32-25/h3-5,13-14,16-17,26,34H,6-12,15,18-21H2,1-2H3,(H,31,32)(H,33,35). The van der Waals surface area contributed by atoms with Gasteiger partial charge in [0.15, 0.2) is 0 Å². The number of unbranched alkanes of at least 4 members (excludes halogenated alkanes) is 1. The van der Waals surface area contributed by atoms with Crippen molar-refractivity contribution in [2.45, 2.75) is 83.1 Å². The Labute approximate surface area is 215 Å². The Morgan fingerprint density at radius 2 is 1.89 bits per heavy atom. The second kappa shape index (κ2) is 12.4. The maximum atomic E-state index is 13.2. The third-order valence-corrected chi connectivity index (χ3v) is 7.49. The van der Waals surface area contributed by atoms with Crippen LogP contribution in [0.25, 0.3) is 0 Å². The summed E-state index contributed by atoms with van der Waals surface area (Å²) in [6, 6.07) is 13.7. The lowest BCUT2D eigenvalue weighted by Gasteiger charge is -2.30. The molecule has 6 heteroatoms. The quantitative estimate of drug-likeness (QED) is 0.265. The topological polar surface area (TPSA) is 83.5 Å². The van der Waals surface area contributed by atoms with Gasteiger partial charge >= 0.3 is 0 Å². The number of anilines is 1. The first-order chi connectivity index (χ1) is 17.4. The Balaban J connectivity index is 1.22. The van der Waals surface area contributed by atoms with Crippen LogP contribution < -0.4 is 10.6 Å². The van der Waals surface area contributed by atoms with Crippen LogP contribution in [-0.2, 0) is 27.8 Å². The monoisotopic (exact) mass is 491 g/mol. The number of hydrogen-bond acceptors (Lipinski definition) is 5. The van der Waals surface area contributed by atoms with Crippen LogP contribution in [0.15, 0.2) is 53.8 Å². The van der Waals surface area contributed by atoms with Crippen molar-refractivity contribution in [3.63, 3.8) is 0 Å². The molecule has 2 aromatic rings. The number of nitrogens with one attached hydrogen (secondary N) is 2. The Bertz CT molecular complexity index is 1040.